The molecule has 0 N–H and O–H groups in total. The molecule has 0 amide bonds. The Bertz CT molecular complexity index is 814. The number of rotatable bonds is 6. The number of nitrogens with zero attached hydrogens (tertiary/aromatic N) is 2. The van der Waals surface area contributed by atoms with Crippen molar-refractivity contribution < 1.29 is 4.74 Å². The van der Waals surface area contributed by atoms with Crippen LogP contribution in [0.3, 0.4) is 0 Å². The molecule has 1 aliphatic rings. The normalized spacial score (nSPS) is 18.9. The van der Waals surface area contributed by atoms with Crippen molar-refractivity contribution in [1.29, 1.82) is 0 Å². The van der Waals surface area contributed by atoms with Crippen LogP contribution in [0.1, 0.15) is 16.4 Å². The molecule has 0 aliphatic carbocycles. The molecule has 138 valence electrons. The number of hydrogen-bond acceptors (Lipinski definition) is 4. The Morgan fingerprint density at radius 1 is 0.963 bits per heavy atom. The second-order valence-electron chi connectivity index (χ2n) is 6.75. The SMILES string of the molecule is c1ccc(CN2CCO[C@H](C(Sc3ccccn3)c3ccccc3)C2)cc1. The fraction of sp³-hybridized carbons (Fsp3) is 0.261. The average Bonchev–Trinajstić information content (AvgIpc) is 2.74. The summed E-state index contributed by atoms with van der Waals surface area (Å²) in [5.41, 5.74) is 2.64. The highest BCUT2D eigenvalue weighted by Gasteiger charge is 2.30. The lowest BCUT2D eigenvalue weighted by Crippen LogP contribution is -2.44. The summed E-state index contributed by atoms with van der Waals surface area (Å²) < 4.78 is 6.24. The van der Waals surface area contributed by atoms with Gasteiger partial charge in [0.15, 0.2) is 0 Å². The Kier molecular flexibility index (Phi) is 6.20. The molecule has 4 rings (SSSR count). The lowest BCUT2D eigenvalue weighted by Gasteiger charge is -2.37. The van der Waals surface area contributed by atoms with Crippen molar-refractivity contribution in [3.63, 3.8) is 0 Å². The number of hydrogen-bond donors (Lipinski definition) is 0. The van der Waals surface area contributed by atoms with Gasteiger partial charge in [-0.2, -0.15) is 0 Å². The number of benzene rings is 2. The number of ether oxygens (including phenoxy) is 1. The first kappa shape index (κ1) is 18.2. The third-order valence-electron chi connectivity index (χ3n) is 4.78. The molecule has 1 saturated heterocycles. The van der Waals surface area contributed by atoms with Gasteiger partial charge in [0.05, 0.1) is 23.0 Å². The molecule has 1 fully saturated rings. The van der Waals surface area contributed by atoms with Gasteiger partial charge in [-0.25, -0.2) is 4.98 Å². The number of pyridine rings is 1. The van der Waals surface area contributed by atoms with E-state index >= 15 is 0 Å². The minimum Gasteiger partial charge on any atom is -0.374 e. The highest BCUT2D eigenvalue weighted by atomic mass is 32.2. The first-order valence-electron chi connectivity index (χ1n) is 9.39. The van der Waals surface area contributed by atoms with Crippen molar-refractivity contribution in [3.05, 3.63) is 96.2 Å². The fourth-order valence-electron chi connectivity index (χ4n) is 3.45. The van der Waals surface area contributed by atoms with Gasteiger partial charge >= 0.3 is 0 Å². The van der Waals surface area contributed by atoms with Crippen molar-refractivity contribution in [2.75, 3.05) is 19.7 Å². The van der Waals surface area contributed by atoms with Crippen LogP contribution in [0.4, 0.5) is 0 Å². The van der Waals surface area contributed by atoms with Crippen LogP contribution in [0.15, 0.2) is 90.1 Å². The van der Waals surface area contributed by atoms with E-state index in [2.05, 4.69) is 76.6 Å². The van der Waals surface area contributed by atoms with Gasteiger partial charge in [0, 0.05) is 25.8 Å². The van der Waals surface area contributed by atoms with Crippen molar-refractivity contribution >= 4 is 11.8 Å². The molecule has 27 heavy (non-hydrogen) atoms. The number of aromatic nitrogens is 1. The topological polar surface area (TPSA) is 25.4 Å². The first-order valence-corrected chi connectivity index (χ1v) is 10.3. The summed E-state index contributed by atoms with van der Waals surface area (Å²) >= 11 is 1.79. The zero-order chi connectivity index (χ0) is 18.3. The van der Waals surface area contributed by atoms with Gasteiger partial charge in [-0.3, -0.25) is 4.90 Å². The molecule has 1 aromatic heterocycles. The lowest BCUT2D eigenvalue weighted by atomic mass is 10.1. The molecule has 1 aliphatic heterocycles. The summed E-state index contributed by atoms with van der Waals surface area (Å²) in [6, 6.07) is 27.4. The van der Waals surface area contributed by atoms with Crippen LogP contribution in [0.5, 0.6) is 0 Å². The van der Waals surface area contributed by atoms with Crippen LogP contribution in [0.2, 0.25) is 0 Å². The molecule has 1 unspecified atom stereocenters. The average molecular weight is 377 g/mol. The van der Waals surface area contributed by atoms with Gasteiger partial charge in [0.1, 0.15) is 0 Å². The van der Waals surface area contributed by atoms with Crippen molar-refractivity contribution in [3.8, 4) is 0 Å². The second kappa shape index (κ2) is 9.18. The zero-order valence-corrected chi connectivity index (χ0v) is 16.1. The van der Waals surface area contributed by atoms with Gasteiger partial charge in [-0.1, -0.05) is 78.5 Å². The van der Waals surface area contributed by atoms with Gasteiger partial charge in [0.2, 0.25) is 0 Å². The smallest absolute Gasteiger partial charge is 0.0966 e. The zero-order valence-electron chi connectivity index (χ0n) is 15.3. The minimum atomic E-state index is 0.136. The van der Waals surface area contributed by atoms with Crippen LogP contribution in [0, 0.1) is 0 Å². The molecule has 0 radical (unpaired) electrons. The number of thioether (sulfide) groups is 1. The maximum Gasteiger partial charge on any atom is 0.0966 e. The van der Waals surface area contributed by atoms with Gasteiger partial charge in [-0.15, -0.1) is 0 Å². The molecule has 3 nitrogen and oxygen atoms in total. The Hall–Kier alpha value is -2.14. The molecule has 3 aromatic rings. The van der Waals surface area contributed by atoms with Crippen LogP contribution in [0.25, 0.3) is 0 Å². The van der Waals surface area contributed by atoms with Crippen molar-refractivity contribution in [1.82, 2.24) is 9.88 Å². The Balaban J connectivity index is 1.52. The van der Waals surface area contributed by atoms with Gasteiger partial charge < -0.3 is 4.74 Å². The summed E-state index contributed by atoms with van der Waals surface area (Å²) in [5.74, 6) is 0. The maximum atomic E-state index is 6.24. The van der Waals surface area contributed by atoms with Crippen LogP contribution in [-0.4, -0.2) is 35.7 Å². The van der Waals surface area contributed by atoms with Gasteiger partial charge in [0.25, 0.3) is 0 Å². The van der Waals surface area contributed by atoms with E-state index in [1.165, 1.54) is 11.1 Å². The molecule has 4 heteroatoms. The Morgan fingerprint density at radius 3 is 2.44 bits per heavy atom. The first-order chi connectivity index (χ1) is 13.4. The molecule has 2 atom stereocenters. The molecule has 0 bridgehead atoms. The van der Waals surface area contributed by atoms with E-state index in [-0.39, 0.29) is 11.4 Å². The van der Waals surface area contributed by atoms with E-state index in [0.29, 0.717) is 0 Å². The van der Waals surface area contributed by atoms with Crippen LogP contribution in [-0.2, 0) is 11.3 Å². The summed E-state index contributed by atoms with van der Waals surface area (Å²) in [4.78, 5) is 7.02. The standard InChI is InChI=1S/C23H24N2OS/c1-3-9-19(10-4-1)17-25-15-16-26-21(18-25)23(20-11-5-2-6-12-20)27-22-13-7-8-14-24-22/h1-14,21,23H,15-18H2/t21-,23?/m0/s1. The van der Waals surface area contributed by atoms with Gasteiger partial charge in [-0.05, 0) is 23.3 Å². The molecule has 2 heterocycles. The predicted molar refractivity (Wildman–Crippen MR) is 111 cm³/mol. The van der Waals surface area contributed by atoms with E-state index in [9.17, 15) is 0 Å². The summed E-state index contributed by atoms with van der Waals surface area (Å²) in [6.45, 7) is 3.63. The van der Waals surface area contributed by atoms with E-state index in [0.717, 1.165) is 31.3 Å². The summed E-state index contributed by atoms with van der Waals surface area (Å²) in [7, 11) is 0. The number of morpholine rings is 1. The summed E-state index contributed by atoms with van der Waals surface area (Å²) in [6.07, 6.45) is 1.99. The molecular weight excluding hydrogens is 352 g/mol. The Labute approximate surface area is 165 Å². The van der Waals surface area contributed by atoms with E-state index in [4.69, 9.17) is 4.74 Å². The van der Waals surface area contributed by atoms with E-state index < -0.39 is 0 Å². The van der Waals surface area contributed by atoms with E-state index in [1.807, 2.05) is 18.3 Å². The van der Waals surface area contributed by atoms with E-state index in [1.54, 1.807) is 11.8 Å². The summed E-state index contributed by atoms with van der Waals surface area (Å²) in [5, 5.41) is 1.26. The third-order valence-corrected chi connectivity index (χ3v) is 6.09. The van der Waals surface area contributed by atoms with Crippen LogP contribution < -0.4 is 0 Å². The third kappa shape index (κ3) is 4.98. The largest absolute Gasteiger partial charge is 0.374 e. The van der Waals surface area contributed by atoms with Crippen LogP contribution >= 0.6 is 11.8 Å². The molecule has 2 aromatic carbocycles. The predicted octanol–water partition coefficient (Wildman–Crippen LogP) is 4.82. The highest BCUT2D eigenvalue weighted by Crippen LogP contribution is 2.39. The lowest BCUT2D eigenvalue weighted by molar-refractivity contribution is -0.0320. The van der Waals surface area contributed by atoms with Crippen molar-refractivity contribution in [2.24, 2.45) is 0 Å². The van der Waals surface area contributed by atoms with Crippen molar-refractivity contribution in [2.45, 2.75) is 22.9 Å². The fourth-order valence-corrected chi connectivity index (χ4v) is 4.60. The second-order valence-corrected chi connectivity index (χ2v) is 7.91. The highest BCUT2D eigenvalue weighted by molar-refractivity contribution is 7.99. The minimum absolute atomic E-state index is 0.136. The molecule has 0 saturated carbocycles. The monoisotopic (exact) mass is 376 g/mol. The quantitative estimate of drug-likeness (QED) is 0.576. The maximum absolute atomic E-state index is 6.24. The Morgan fingerprint density at radius 2 is 1.70 bits per heavy atom. The molecular formula is C23H24N2OS. The molecule has 0 spiro atoms.